The Morgan fingerprint density at radius 3 is 2.62 bits per heavy atom. The monoisotopic (exact) mass is 330 g/mol. The van der Waals surface area contributed by atoms with Gasteiger partial charge in [-0.25, -0.2) is 0 Å². The summed E-state index contributed by atoms with van der Waals surface area (Å²) >= 11 is 2.30. The minimum atomic E-state index is 0.359. The summed E-state index contributed by atoms with van der Waals surface area (Å²) in [7, 11) is 0. The minimum Gasteiger partial charge on any atom is -0.299 e. The van der Waals surface area contributed by atoms with Crippen LogP contribution in [-0.4, -0.2) is 5.78 Å². The van der Waals surface area contributed by atoms with Gasteiger partial charge in [0.05, 0.1) is 0 Å². The van der Waals surface area contributed by atoms with Gasteiger partial charge in [0.15, 0.2) is 0 Å². The molecule has 0 spiro atoms. The van der Waals surface area contributed by atoms with Crippen molar-refractivity contribution in [2.75, 3.05) is 0 Å². The summed E-state index contributed by atoms with van der Waals surface area (Å²) in [6.45, 7) is 6.39. The van der Waals surface area contributed by atoms with E-state index >= 15 is 0 Å². The number of carbonyl (C=O) groups excluding carboxylic acids is 1. The summed E-state index contributed by atoms with van der Waals surface area (Å²) in [6, 6.07) is 6.27. The van der Waals surface area contributed by atoms with Crippen molar-refractivity contribution in [3.8, 4) is 0 Å². The lowest BCUT2D eigenvalue weighted by Gasteiger charge is -2.07. The molecule has 0 aromatic heterocycles. The highest BCUT2D eigenvalue weighted by Crippen LogP contribution is 2.15. The summed E-state index contributed by atoms with van der Waals surface area (Å²) in [6.07, 6.45) is 2.31. The first-order valence-electron chi connectivity index (χ1n) is 5.75. The quantitative estimate of drug-likeness (QED) is 0.742. The molecule has 0 saturated heterocycles. The van der Waals surface area contributed by atoms with Gasteiger partial charge in [-0.1, -0.05) is 19.9 Å². The van der Waals surface area contributed by atoms with E-state index in [9.17, 15) is 4.79 Å². The molecule has 1 nitrogen and oxygen atoms in total. The Morgan fingerprint density at radius 2 is 2.06 bits per heavy atom. The fourth-order valence-electron chi connectivity index (χ4n) is 1.61. The Balaban J connectivity index is 2.56. The zero-order valence-electron chi connectivity index (χ0n) is 10.2. The molecule has 0 amide bonds. The van der Waals surface area contributed by atoms with Crippen molar-refractivity contribution >= 4 is 28.4 Å². The van der Waals surface area contributed by atoms with Gasteiger partial charge in [-0.05, 0) is 65.1 Å². The van der Waals surface area contributed by atoms with E-state index in [4.69, 9.17) is 0 Å². The summed E-state index contributed by atoms with van der Waals surface area (Å²) < 4.78 is 1.23. The number of hydrogen-bond donors (Lipinski definition) is 0. The number of ketones is 1. The predicted molar refractivity (Wildman–Crippen MR) is 76.7 cm³/mol. The molecule has 1 aromatic carbocycles. The van der Waals surface area contributed by atoms with Crippen LogP contribution in [-0.2, 0) is 11.2 Å². The summed E-state index contributed by atoms with van der Waals surface area (Å²) in [4.78, 5) is 11.8. The number of hydrogen-bond acceptors (Lipinski definition) is 1. The topological polar surface area (TPSA) is 17.1 Å². The lowest BCUT2D eigenvalue weighted by atomic mass is 9.99. The van der Waals surface area contributed by atoms with Crippen molar-refractivity contribution in [3.63, 3.8) is 0 Å². The maximum Gasteiger partial charge on any atom is 0.137 e. The SMILES string of the molecule is Cc1cc(I)ccc1CC(=O)CCC(C)C. The number of rotatable bonds is 5. The molecule has 0 atom stereocenters. The van der Waals surface area contributed by atoms with E-state index in [-0.39, 0.29) is 0 Å². The highest BCUT2D eigenvalue weighted by molar-refractivity contribution is 14.1. The van der Waals surface area contributed by atoms with Gasteiger partial charge in [0.1, 0.15) is 5.78 Å². The molecule has 0 unspecified atom stereocenters. The molecular formula is C14H19IO. The van der Waals surface area contributed by atoms with Crippen molar-refractivity contribution in [2.45, 2.75) is 40.0 Å². The van der Waals surface area contributed by atoms with Crippen LogP contribution in [0, 0.1) is 16.4 Å². The first-order chi connectivity index (χ1) is 7.49. The maximum atomic E-state index is 11.8. The molecule has 16 heavy (non-hydrogen) atoms. The zero-order chi connectivity index (χ0) is 12.1. The van der Waals surface area contributed by atoms with E-state index in [1.54, 1.807) is 0 Å². The van der Waals surface area contributed by atoms with E-state index in [1.807, 2.05) is 0 Å². The predicted octanol–water partition coefficient (Wildman–Crippen LogP) is 4.15. The van der Waals surface area contributed by atoms with Crippen LogP contribution in [0.25, 0.3) is 0 Å². The summed E-state index contributed by atoms with van der Waals surface area (Å²) in [5.41, 5.74) is 2.40. The summed E-state index contributed by atoms with van der Waals surface area (Å²) in [5, 5.41) is 0. The zero-order valence-corrected chi connectivity index (χ0v) is 12.4. The molecule has 0 aliphatic heterocycles. The van der Waals surface area contributed by atoms with Crippen LogP contribution in [0.5, 0.6) is 0 Å². The normalized spacial score (nSPS) is 10.8. The lowest BCUT2D eigenvalue weighted by Crippen LogP contribution is -2.05. The first kappa shape index (κ1) is 13.7. The van der Waals surface area contributed by atoms with Gasteiger partial charge in [-0.3, -0.25) is 4.79 Å². The van der Waals surface area contributed by atoms with E-state index in [1.165, 1.54) is 14.7 Å². The van der Waals surface area contributed by atoms with Crippen LogP contribution >= 0.6 is 22.6 Å². The minimum absolute atomic E-state index is 0.359. The average molecular weight is 330 g/mol. The molecule has 1 aromatic rings. The Morgan fingerprint density at radius 1 is 1.38 bits per heavy atom. The van der Waals surface area contributed by atoms with Gasteiger partial charge in [0.25, 0.3) is 0 Å². The number of halogens is 1. The smallest absolute Gasteiger partial charge is 0.137 e. The molecule has 0 N–H and O–H groups in total. The third-order valence-corrected chi connectivity index (χ3v) is 3.36. The maximum absolute atomic E-state index is 11.8. The number of Topliss-reactive ketones (excluding diaryl/α,β-unsaturated/α-hetero) is 1. The third-order valence-electron chi connectivity index (χ3n) is 2.69. The number of carbonyl (C=O) groups is 1. The molecule has 0 heterocycles. The van der Waals surface area contributed by atoms with Crippen LogP contribution in [0.4, 0.5) is 0 Å². The fraction of sp³-hybridized carbons (Fsp3) is 0.500. The van der Waals surface area contributed by atoms with E-state index in [0.717, 1.165) is 6.42 Å². The van der Waals surface area contributed by atoms with Crippen LogP contribution in [0.15, 0.2) is 18.2 Å². The second-order valence-corrected chi connectivity index (χ2v) is 5.96. The molecular weight excluding hydrogens is 311 g/mol. The number of benzene rings is 1. The van der Waals surface area contributed by atoms with Crippen LogP contribution < -0.4 is 0 Å². The molecule has 0 aliphatic rings. The van der Waals surface area contributed by atoms with E-state index < -0.39 is 0 Å². The molecule has 0 saturated carbocycles. The van der Waals surface area contributed by atoms with Crippen molar-refractivity contribution in [1.29, 1.82) is 0 Å². The Hall–Kier alpha value is -0.380. The Bertz CT molecular complexity index is 369. The molecule has 0 aliphatic carbocycles. The van der Waals surface area contributed by atoms with Crippen LogP contribution in [0.2, 0.25) is 0 Å². The van der Waals surface area contributed by atoms with Gasteiger partial charge in [-0.2, -0.15) is 0 Å². The van der Waals surface area contributed by atoms with Gasteiger partial charge in [0.2, 0.25) is 0 Å². The van der Waals surface area contributed by atoms with E-state index in [0.29, 0.717) is 24.5 Å². The average Bonchev–Trinajstić information content (AvgIpc) is 2.19. The molecule has 2 heteroatoms. The molecule has 88 valence electrons. The van der Waals surface area contributed by atoms with Crippen molar-refractivity contribution in [3.05, 3.63) is 32.9 Å². The van der Waals surface area contributed by atoms with Gasteiger partial charge in [-0.15, -0.1) is 0 Å². The highest BCUT2D eigenvalue weighted by atomic mass is 127. The highest BCUT2D eigenvalue weighted by Gasteiger charge is 2.07. The largest absolute Gasteiger partial charge is 0.299 e. The van der Waals surface area contributed by atoms with Gasteiger partial charge < -0.3 is 0 Å². The second-order valence-electron chi connectivity index (χ2n) is 4.72. The third kappa shape index (κ3) is 4.64. The summed E-state index contributed by atoms with van der Waals surface area (Å²) in [5.74, 6) is 0.972. The lowest BCUT2D eigenvalue weighted by molar-refractivity contribution is -0.118. The van der Waals surface area contributed by atoms with Crippen molar-refractivity contribution in [2.24, 2.45) is 5.92 Å². The Kier molecular flexibility index (Phi) is 5.46. The van der Waals surface area contributed by atoms with Crippen LogP contribution in [0.1, 0.15) is 37.8 Å². The van der Waals surface area contributed by atoms with Crippen molar-refractivity contribution < 1.29 is 4.79 Å². The van der Waals surface area contributed by atoms with E-state index in [2.05, 4.69) is 61.6 Å². The fourth-order valence-corrected chi connectivity index (χ4v) is 2.26. The van der Waals surface area contributed by atoms with Crippen molar-refractivity contribution in [1.82, 2.24) is 0 Å². The molecule has 0 fully saturated rings. The standard InChI is InChI=1S/C14H19IO/c1-10(2)4-7-14(16)9-12-5-6-13(15)8-11(12)3/h5-6,8,10H,4,7,9H2,1-3H3. The molecule has 1 rings (SSSR count). The Labute approximate surface area is 112 Å². The van der Waals surface area contributed by atoms with Gasteiger partial charge in [0, 0.05) is 16.4 Å². The van der Waals surface area contributed by atoms with Crippen LogP contribution in [0.3, 0.4) is 0 Å². The second kappa shape index (κ2) is 6.38. The molecule has 0 radical (unpaired) electrons. The number of aryl methyl sites for hydroxylation is 1. The van der Waals surface area contributed by atoms with Gasteiger partial charge >= 0.3 is 0 Å². The first-order valence-corrected chi connectivity index (χ1v) is 6.83. The molecule has 0 bridgehead atoms.